The number of anilines is 1. The zero-order valence-electron chi connectivity index (χ0n) is 14.5. The van der Waals surface area contributed by atoms with Crippen molar-refractivity contribution in [2.45, 2.75) is 0 Å². The molecule has 0 aliphatic carbocycles. The molecule has 0 aliphatic rings. The number of hydrogen-bond donors (Lipinski definition) is 2. The fraction of sp³-hybridized carbons (Fsp3) is 0. The Balaban J connectivity index is 1.81. The summed E-state index contributed by atoms with van der Waals surface area (Å²) in [5.74, 6) is -0.686. The second-order valence-electron chi connectivity index (χ2n) is 5.65. The molecule has 0 aliphatic heterocycles. The number of non-ortho nitro benzene ring substituents is 1. The summed E-state index contributed by atoms with van der Waals surface area (Å²) in [6.45, 7) is 0. The van der Waals surface area contributed by atoms with Crippen molar-refractivity contribution in [1.82, 2.24) is 5.32 Å². The van der Waals surface area contributed by atoms with E-state index in [0.717, 1.165) is 0 Å². The molecule has 0 radical (unpaired) electrons. The summed E-state index contributed by atoms with van der Waals surface area (Å²) in [6.07, 6.45) is 2.83. The lowest BCUT2D eigenvalue weighted by atomic mass is 10.2. The van der Waals surface area contributed by atoms with Gasteiger partial charge < -0.3 is 15.1 Å². The van der Waals surface area contributed by atoms with Crippen LogP contribution in [0.25, 0.3) is 6.08 Å². The Morgan fingerprint density at radius 2 is 1.68 bits per heavy atom. The quantitative estimate of drug-likeness (QED) is 0.387. The monoisotopic (exact) mass is 377 g/mol. The normalized spacial score (nSPS) is 10.9. The van der Waals surface area contributed by atoms with E-state index in [2.05, 4.69) is 10.6 Å². The van der Waals surface area contributed by atoms with Crippen molar-refractivity contribution in [2.24, 2.45) is 0 Å². The Labute approximate surface area is 159 Å². The van der Waals surface area contributed by atoms with Crippen molar-refractivity contribution in [1.29, 1.82) is 0 Å². The Morgan fingerprint density at radius 3 is 2.29 bits per heavy atom. The highest BCUT2D eigenvalue weighted by Crippen LogP contribution is 2.16. The lowest BCUT2D eigenvalue weighted by Crippen LogP contribution is -2.30. The van der Waals surface area contributed by atoms with E-state index in [1.807, 2.05) is 0 Å². The highest BCUT2D eigenvalue weighted by molar-refractivity contribution is 6.10. The van der Waals surface area contributed by atoms with E-state index in [1.165, 1.54) is 36.6 Å². The van der Waals surface area contributed by atoms with E-state index in [-0.39, 0.29) is 11.4 Å². The van der Waals surface area contributed by atoms with Gasteiger partial charge in [0.15, 0.2) is 0 Å². The Hall–Kier alpha value is -4.20. The first-order valence-corrected chi connectivity index (χ1v) is 8.20. The highest BCUT2D eigenvalue weighted by atomic mass is 16.6. The van der Waals surface area contributed by atoms with Crippen molar-refractivity contribution in [3.8, 4) is 0 Å². The summed E-state index contributed by atoms with van der Waals surface area (Å²) in [5, 5.41) is 15.9. The fourth-order valence-electron chi connectivity index (χ4n) is 2.32. The molecular weight excluding hydrogens is 362 g/mol. The molecule has 0 saturated carbocycles. The zero-order valence-corrected chi connectivity index (χ0v) is 14.5. The van der Waals surface area contributed by atoms with Gasteiger partial charge in [-0.1, -0.05) is 18.2 Å². The van der Waals surface area contributed by atoms with Gasteiger partial charge in [-0.05, 0) is 36.4 Å². The number of carbonyl (C=O) groups excluding carboxylic acids is 2. The number of benzene rings is 2. The summed E-state index contributed by atoms with van der Waals surface area (Å²) >= 11 is 0. The van der Waals surface area contributed by atoms with Gasteiger partial charge in [0.2, 0.25) is 0 Å². The summed E-state index contributed by atoms with van der Waals surface area (Å²) in [4.78, 5) is 35.3. The average Bonchev–Trinajstić information content (AvgIpc) is 3.21. The third kappa shape index (κ3) is 4.70. The Morgan fingerprint density at radius 1 is 0.964 bits per heavy atom. The van der Waals surface area contributed by atoms with E-state index in [1.54, 1.807) is 42.5 Å². The molecule has 0 fully saturated rings. The number of rotatable bonds is 6. The van der Waals surface area contributed by atoms with Crippen molar-refractivity contribution in [3.05, 3.63) is 100 Å². The number of amides is 2. The Kier molecular flexibility index (Phi) is 5.61. The van der Waals surface area contributed by atoms with Gasteiger partial charge in [-0.15, -0.1) is 0 Å². The molecule has 0 unspecified atom stereocenters. The molecule has 3 aromatic rings. The van der Waals surface area contributed by atoms with Crippen LogP contribution in [0.2, 0.25) is 0 Å². The minimum Gasteiger partial charge on any atom is -0.465 e. The van der Waals surface area contributed by atoms with E-state index in [0.29, 0.717) is 17.0 Å². The van der Waals surface area contributed by atoms with Gasteiger partial charge in [-0.2, -0.15) is 0 Å². The largest absolute Gasteiger partial charge is 0.465 e. The van der Waals surface area contributed by atoms with E-state index < -0.39 is 16.7 Å². The predicted octanol–water partition coefficient (Wildman–Crippen LogP) is 3.60. The number of nitro groups is 1. The molecule has 0 saturated heterocycles. The molecule has 1 heterocycles. The third-order valence-corrected chi connectivity index (χ3v) is 3.69. The van der Waals surface area contributed by atoms with Crippen LogP contribution in [0.15, 0.2) is 83.1 Å². The number of carbonyl (C=O) groups is 2. The molecular formula is C20H15N3O5. The number of hydrogen-bond acceptors (Lipinski definition) is 5. The summed E-state index contributed by atoms with van der Waals surface area (Å²) in [6, 6.07) is 17.1. The van der Waals surface area contributed by atoms with Gasteiger partial charge in [0.05, 0.1) is 11.2 Å². The fourth-order valence-corrected chi connectivity index (χ4v) is 2.32. The van der Waals surface area contributed by atoms with Crippen LogP contribution in [-0.4, -0.2) is 16.7 Å². The van der Waals surface area contributed by atoms with Crippen LogP contribution in [0.4, 0.5) is 11.4 Å². The van der Waals surface area contributed by atoms with Crippen molar-refractivity contribution >= 4 is 29.3 Å². The summed E-state index contributed by atoms with van der Waals surface area (Å²) in [7, 11) is 0. The van der Waals surface area contributed by atoms with Crippen LogP contribution in [-0.2, 0) is 4.79 Å². The van der Waals surface area contributed by atoms with Gasteiger partial charge in [0.1, 0.15) is 11.5 Å². The topological polar surface area (TPSA) is 114 Å². The van der Waals surface area contributed by atoms with Crippen LogP contribution < -0.4 is 10.6 Å². The first-order valence-electron chi connectivity index (χ1n) is 8.20. The standard InChI is InChI=1S/C20H15N3O5/c24-19(14-5-2-1-3-6-14)22-18(13-17-7-4-12-28-17)20(25)21-15-8-10-16(11-9-15)23(26)27/h1-13H,(H,21,25)(H,22,24)/b18-13+. The highest BCUT2D eigenvalue weighted by Gasteiger charge is 2.16. The molecule has 28 heavy (non-hydrogen) atoms. The average molecular weight is 377 g/mol. The van der Waals surface area contributed by atoms with Gasteiger partial charge in [0, 0.05) is 29.5 Å². The van der Waals surface area contributed by atoms with Gasteiger partial charge in [-0.3, -0.25) is 19.7 Å². The van der Waals surface area contributed by atoms with Gasteiger partial charge in [-0.25, -0.2) is 0 Å². The molecule has 2 aromatic carbocycles. The van der Waals surface area contributed by atoms with Crippen molar-refractivity contribution in [2.75, 3.05) is 5.32 Å². The SMILES string of the molecule is O=C(Nc1ccc([N+](=O)[O-])cc1)/C(=C\c1ccco1)NC(=O)c1ccccc1. The molecule has 3 rings (SSSR count). The number of nitrogens with zero attached hydrogens (tertiary/aromatic N) is 1. The van der Waals surface area contributed by atoms with Crippen LogP contribution >= 0.6 is 0 Å². The number of furan rings is 1. The van der Waals surface area contributed by atoms with Gasteiger partial charge >= 0.3 is 0 Å². The lowest BCUT2D eigenvalue weighted by molar-refractivity contribution is -0.384. The minimum absolute atomic E-state index is 0.0397. The molecule has 0 bridgehead atoms. The smallest absolute Gasteiger partial charge is 0.272 e. The molecule has 0 spiro atoms. The second-order valence-corrected chi connectivity index (χ2v) is 5.65. The van der Waals surface area contributed by atoms with Crippen LogP contribution in [0, 0.1) is 10.1 Å². The lowest BCUT2D eigenvalue weighted by Gasteiger charge is -2.11. The maximum atomic E-state index is 12.7. The van der Waals surface area contributed by atoms with E-state index >= 15 is 0 Å². The second kappa shape index (κ2) is 8.45. The number of nitro benzene ring substituents is 1. The van der Waals surface area contributed by atoms with Crippen LogP contribution in [0.5, 0.6) is 0 Å². The van der Waals surface area contributed by atoms with E-state index in [9.17, 15) is 19.7 Å². The van der Waals surface area contributed by atoms with Crippen LogP contribution in [0.3, 0.4) is 0 Å². The molecule has 0 atom stereocenters. The van der Waals surface area contributed by atoms with Crippen molar-refractivity contribution < 1.29 is 18.9 Å². The molecule has 140 valence electrons. The first kappa shape index (κ1) is 18.6. The van der Waals surface area contributed by atoms with E-state index in [4.69, 9.17) is 4.42 Å². The minimum atomic E-state index is -0.602. The third-order valence-electron chi connectivity index (χ3n) is 3.69. The predicted molar refractivity (Wildman–Crippen MR) is 102 cm³/mol. The molecule has 8 heteroatoms. The van der Waals surface area contributed by atoms with Crippen LogP contribution in [0.1, 0.15) is 16.1 Å². The summed E-state index contributed by atoms with van der Waals surface area (Å²) in [5.41, 5.74) is 0.592. The molecule has 2 amide bonds. The molecule has 8 nitrogen and oxygen atoms in total. The van der Waals surface area contributed by atoms with Gasteiger partial charge in [0.25, 0.3) is 17.5 Å². The number of nitrogens with one attached hydrogen (secondary N) is 2. The maximum absolute atomic E-state index is 12.7. The zero-order chi connectivity index (χ0) is 19.9. The first-order chi connectivity index (χ1) is 13.5. The summed E-state index contributed by atoms with van der Waals surface area (Å²) < 4.78 is 5.21. The maximum Gasteiger partial charge on any atom is 0.272 e. The molecule has 1 aromatic heterocycles. The molecule has 2 N–H and O–H groups in total. The Bertz CT molecular complexity index is 1010. The van der Waals surface area contributed by atoms with Crippen molar-refractivity contribution in [3.63, 3.8) is 0 Å².